The van der Waals surface area contributed by atoms with Gasteiger partial charge in [-0.25, -0.2) is 0 Å². The molecule has 112 valence electrons. The molecule has 1 aromatic rings. The fourth-order valence-electron chi connectivity index (χ4n) is 2.18. The third-order valence-corrected chi connectivity index (χ3v) is 3.47. The molecule has 1 aliphatic heterocycles. The van der Waals surface area contributed by atoms with Crippen molar-refractivity contribution in [3.63, 3.8) is 0 Å². The number of benzene rings is 1. The molecular formula is C15H18N2O3S. The van der Waals surface area contributed by atoms with Gasteiger partial charge in [0.15, 0.2) is 16.6 Å². The van der Waals surface area contributed by atoms with Crippen molar-refractivity contribution in [3.8, 4) is 11.5 Å². The average molecular weight is 306 g/mol. The fourth-order valence-corrected chi connectivity index (χ4v) is 2.46. The number of carbonyl (C=O) groups excluding carboxylic acids is 1. The summed E-state index contributed by atoms with van der Waals surface area (Å²) in [6, 6.07) is 5.50. The number of ether oxygens (including phenoxy) is 2. The number of carbonyl (C=O) groups is 1. The number of thiocarbonyl (C=S) groups is 1. The maximum atomic E-state index is 12.3. The molecule has 0 spiro atoms. The van der Waals surface area contributed by atoms with Crippen LogP contribution in [-0.4, -0.2) is 36.7 Å². The number of amides is 1. The second kappa shape index (κ2) is 6.58. The highest BCUT2D eigenvalue weighted by Crippen LogP contribution is 2.32. The first-order chi connectivity index (χ1) is 10.1. The van der Waals surface area contributed by atoms with E-state index in [4.69, 9.17) is 21.7 Å². The molecule has 1 aliphatic rings. The molecule has 1 heterocycles. The van der Waals surface area contributed by atoms with Crippen molar-refractivity contribution in [3.05, 3.63) is 29.5 Å². The first-order valence-corrected chi connectivity index (χ1v) is 7.08. The van der Waals surface area contributed by atoms with Gasteiger partial charge in [-0.2, -0.15) is 0 Å². The number of hydrogen-bond acceptors (Lipinski definition) is 4. The van der Waals surface area contributed by atoms with Crippen molar-refractivity contribution in [1.29, 1.82) is 0 Å². The van der Waals surface area contributed by atoms with Crippen LogP contribution >= 0.6 is 12.2 Å². The molecule has 21 heavy (non-hydrogen) atoms. The average Bonchev–Trinajstić information content (AvgIpc) is 2.75. The molecule has 6 heteroatoms. The lowest BCUT2D eigenvalue weighted by Gasteiger charge is -2.11. The predicted octanol–water partition coefficient (Wildman–Crippen LogP) is 2.17. The van der Waals surface area contributed by atoms with Crippen molar-refractivity contribution in [2.45, 2.75) is 13.3 Å². The number of nitrogens with zero attached hydrogens (tertiary/aromatic N) is 1. The van der Waals surface area contributed by atoms with Crippen LogP contribution in [0.1, 0.15) is 18.9 Å². The van der Waals surface area contributed by atoms with E-state index in [2.05, 4.69) is 5.32 Å². The van der Waals surface area contributed by atoms with E-state index < -0.39 is 0 Å². The molecule has 2 rings (SSSR count). The summed E-state index contributed by atoms with van der Waals surface area (Å²) in [5, 5.41) is 3.39. The van der Waals surface area contributed by atoms with Gasteiger partial charge in [-0.1, -0.05) is 19.1 Å². The van der Waals surface area contributed by atoms with E-state index in [-0.39, 0.29) is 5.91 Å². The first-order valence-electron chi connectivity index (χ1n) is 6.67. The molecule has 1 N–H and O–H groups in total. The maximum Gasteiger partial charge on any atom is 0.276 e. The Labute approximate surface area is 129 Å². The molecule has 0 bridgehead atoms. The van der Waals surface area contributed by atoms with E-state index in [9.17, 15) is 4.79 Å². The third-order valence-electron chi connectivity index (χ3n) is 3.14. The van der Waals surface area contributed by atoms with Crippen LogP contribution in [0.4, 0.5) is 0 Å². The number of methoxy groups -OCH3 is 2. The van der Waals surface area contributed by atoms with Crippen LogP contribution < -0.4 is 14.8 Å². The van der Waals surface area contributed by atoms with Crippen molar-refractivity contribution >= 4 is 29.3 Å². The van der Waals surface area contributed by atoms with Gasteiger partial charge in [-0.05, 0) is 30.8 Å². The largest absolute Gasteiger partial charge is 0.493 e. The van der Waals surface area contributed by atoms with Crippen molar-refractivity contribution in [1.82, 2.24) is 10.2 Å². The van der Waals surface area contributed by atoms with Gasteiger partial charge in [0.25, 0.3) is 5.91 Å². The van der Waals surface area contributed by atoms with E-state index in [0.29, 0.717) is 28.9 Å². The van der Waals surface area contributed by atoms with Gasteiger partial charge in [0.05, 0.1) is 14.2 Å². The summed E-state index contributed by atoms with van der Waals surface area (Å²) in [5.74, 6) is 1.08. The predicted molar refractivity (Wildman–Crippen MR) is 85.3 cm³/mol. The number of hydrogen-bond donors (Lipinski definition) is 1. The molecular weight excluding hydrogens is 288 g/mol. The Hall–Kier alpha value is -2.08. The summed E-state index contributed by atoms with van der Waals surface area (Å²) >= 11 is 5.18. The van der Waals surface area contributed by atoms with Crippen LogP contribution in [0, 0.1) is 0 Å². The maximum absolute atomic E-state index is 12.3. The summed E-state index contributed by atoms with van der Waals surface area (Å²) in [7, 11) is 3.14. The Morgan fingerprint density at radius 3 is 2.71 bits per heavy atom. The second-order valence-electron chi connectivity index (χ2n) is 4.53. The minimum Gasteiger partial charge on any atom is -0.493 e. The minimum atomic E-state index is -0.119. The minimum absolute atomic E-state index is 0.119. The Balaban J connectivity index is 2.37. The van der Waals surface area contributed by atoms with Gasteiger partial charge in [-0.3, -0.25) is 9.69 Å². The molecule has 1 fully saturated rings. The Kier molecular flexibility index (Phi) is 4.80. The van der Waals surface area contributed by atoms with Crippen LogP contribution in [0.2, 0.25) is 0 Å². The molecule has 0 radical (unpaired) electrons. The summed E-state index contributed by atoms with van der Waals surface area (Å²) in [6.45, 7) is 2.61. The van der Waals surface area contributed by atoms with Gasteiger partial charge in [-0.15, -0.1) is 0 Å². The molecule has 0 atom stereocenters. The van der Waals surface area contributed by atoms with Crippen molar-refractivity contribution < 1.29 is 14.3 Å². The lowest BCUT2D eigenvalue weighted by molar-refractivity contribution is -0.122. The summed E-state index contributed by atoms with van der Waals surface area (Å²) < 4.78 is 10.6. The van der Waals surface area contributed by atoms with E-state index in [1.807, 2.05) is 19.1 Å². The zero-order valence-corrected chi connectivity index (χ0v) is 13.1. The van der Waals surface area contributed by atoms with E-state index in [1.54, 1.807) is 31.3 Å². The monoisotopic (exact) mass is 306 g/mol. The standard InChI is InChI=1S/C15H18N2O3S/c1-4-8-17-14(18)11(16-15(17)21)9-10-6-5-7-12(19-2)13(10)20-3/h5-7,9H,4,8H2,1-3H3,(H,16,21). The second-order valence-corrected chi connectivity index (χ2v) is 4.91. The van der Waals surface area contributed by atoms with Gasteiger partial charge in [0.2, 0.25) is 0 Å². The van der Waals surface area contributed by atoms with Crippen LogP contribution in [0.3, 0.4) is 0 Å². The Morgan fingerprint density at radius 1 is 1.33 bits per heavy atom. The zero-order chi connectivity index (χ0) is 15.4. The Morgan fingerprint density at radius 2 is 2.10 bits per heavy atom. The quantitative estimate of drug-likeness (QED) is 0.667. The highest BCUT2D eigenvalue weighted by molar-refractivity contribution is 7.80. The topological polar surface area (TPSA) is 50.8 Å². The van der Waals surface area contributed by atoms with Gasteiger partial charge in [0, 0.05) is 12.1 Å². The van der Waals surface area contributed by atoms with E-state index >= 15 is 0 Å². The first kappa shape index (κ1) is 15.3. The van der Waals surface area contributed by atoms with E-state index in [1.165, 1.54) is 0 Å². The Bertz CT molecular complexity index is 599. The van der Waals surface area contributed by atoms with E-state index in [0.717, 1.165) is 12.0 Å². The van der Waals surface area contributed by atoms with Crippen LogP contribution in [0.25, 0.3) is 6.08 Å². The zero-order valence-electron chi connectivity index (χ0n) is 12.3. The van der Waals surface area contributed by atoms with Crippen molar-refractivity contribution in [2.24, 2.45) is 0 Å². The van der Waals surface area contributed by atoms with Gasteiger partial charge < -0.3 is 14.8 Å². The molecule has 0 aromatic heterocycles. The lowest BCUT2D eigenvalue weighted by atomic mass is 10.1. The molecule has 1 amide bonds. The molecule has 0 aliphatic carbocycles. The number of rotatable bonds is 5. The highest BCUT2D eigenvalue weighted by atomic mass is 32.1. The highest BCUT2D eigenvalue weighted by Gasteiger charge is 2.30. The smallest absolute Gasteiger partial charge is 0.276 e. The number of para-hydroxylation sites is 1. The molecule has 1 saturated heterocycles. The summed E-state index contributed by atoms with van der Waals surface area (Å²) in [6.07, 6.45) is 2.58. The van der Waals surface area contributed by atoms with Gasteiger partial charge in [0.1, 0.15) is 5.70 Å². The molecule has 5 nitrogen and oxygen atoms in total. The lowest BCUT2D eigenvalue weighted by Crippen LogP contribution is -2.31. The number of nitrogens with one attached hydrogen (secondary N) is 1. The molecule has 0 saturated carbocycles. The third kappa shape index (κ3) is 3.00. The fraction of sp³-hybridized carbons (Fsp3) is 0.333. The summed E-state index contributed by atoms with van der Waals surface area (Å²) in [5.41, 5.74) is 1.20. The van der Waals surface area contributed by atoms with Crippen LogP contribution in [0.15, 0.2) is 23.9 Å². The van der Waals surface area contributed by atoms with Crippen LogP contribution in [-0.2, 0) is 4.79 Å². The molecule has 0 unspecified atom stereocenters. The SMILES string of the molecule is CCCN1C(=O)C(=Cc2cccc(OC)c2OC)NC1=S. The van der Waals surface area contributed by atoms with Gasteiger partial charge >= 0.3 is 0 Å². The normalized spacial score (nSPS) is 16.3. The van der Waals surface area contributed by atoms with Crippen LogP contribution in [0.5, 0.6) is 11.5 Å². The summed E-state index contributed by atoms with van der Waals surface area (Å²) in [4.78, 5) is 13.9. The molecule has 1 aromatic carbocycles. The van der Waals surface area contributed by atoms with Crippen molar-refractivity contribution in [2.75, 3.05) is 20.8 Å².